The monoisotopic (exact) mass is 309 g/mol. The van der Waals surface area contributed by atoms with E-state index >= 15 is 0 Å². The van der Waals surface area contributed by atoms with Gasteiger partial charge in [-0.1, -0.05) is 23.8 Å². The van der Waals surface area contributed by atoms with Crippen molar-refractivity contribution in [2.75, 3.05) is 33.4 Å². The summed E-state index contributed by atoms with van der Waals surface area (Å²) in [6.45, 7) is 11.1. The lowest BCUT2D eigenvalue weighted by atomic mass is 10.1. The molecule has 1 N–H and O–H groups in total. The Morgan fingerprint density at radius 2 is 1.91 bits per heavy atom. The van der Waals surface area contributed by atoms with Crippen molar-refractivity contribution < 1.29 is 14.6 Å². The molecule has 1 atom stereocenters. The Bertz CT molecular complexity index is 434. The fourth-order valence-corrected chi connectivity index (χ4v) is 2.30. The third-order valence-electron chi connectivity index (χ3n) is 3.46. The van der Waals surface area contributed by atoms with Gasteiger partial charge in [-0.2, -0.15) is 0 Å². The third kappa shape index (κ3) is 7.90. The lowest BCUT2D eigenvalue weighted by molar-refractivity contribution is -0.0174. The Hall–Kier alpha value is -0.940. The second kappa shape index (κ2) is 9.95. The van der Waals surface area contributed by atoms with Crippen molar-refractivity contribution in [3.63, 3.8) is 0 Å². The normalized spacial score (nSPS) is 13.1. The molecule has 0 fully saturated rings. The Kier molecular flexibility index (Phi) is 8.64. The van der Waals surface area contributed by atoms with Crippen LogP contribution in [0, 0.1) is 13.8 Å². The summed E-state index contributed by atoms with van der Waals surface area (Å²) in [5.74, 6) is 0. The van der Waals surface area contributed by atoms with Gasteiger partial charge in [0.05, 0.1) is 32.0 Å². The first kappa shape index (κ1) is 19.1. The molecule has 4 nitrogen and oxygen atoms in total. The van der Waals surface area contributed by atoms with Gasteiger partial charge in [-0.3, -0.25) is 4.90 Å². The van der Waals surface area contributed by atoms with Crippen LogP contribution in [-0.4, -0.2) is 55.6 Å². The highest BCUT2D eigenvalue weighted by atomic mass is 16.5. The molecular weight excluding hydrogens is 278 g/mol. The summed E-state index contributed by atoms with van der Waals surface area (Å²) >= 11 is 0. The molecule has 1 unspecified atom stereocenters. The molecule has 126 valence electrons. The molecule has 0 saturated heterocycles. The number of hydrogen-bond acceptors (Lipinski definition) is 4. The molecule has 0 spiro atoms. The number of ether oxygens (including phenoxy) is 2. The summed E-state index contributed by atoms with van der Waals surface area (Å²) in [5.41, 5.74) is 3.86. The van der Waals surface area contributed by atoms with Crippen molar-refractivity contribution >= 4 is 0 Å². The first-order chi connectivity index (χ1) is 10.4. The Labute approximate surface area is 135 Å². The number of aryl methyl sites for hydroxylation is 2. The smallest absolute Gasteiger partial charge is 0.0900 e. The van der Waals surface area contributed by atoms with Crippen LogP contribution in [0.3, 0.4) is 0 Å². The highest BCUT2D eigenvalue weighted by Gasteiger charge is 2.10. The molecule has 22 heavy (non-hydrogen) atoms. The minimum Gasteiger partial charge on any atom is -0.389 e. The van der Waals surface area contributed by atoms with Crippen LogP contribution in [0.25, 0.3) is 0 Å². The van der Waals surface area contributed by atoms with Crippen LogP contribution < -0.4 is 0 Å². The van der Waals surface area contributed by atoms with Crippen LogP contribution in [0.2, 0.25) is 0 Å². The van der Waals surface area contributed by atoms with Crippen molar-refractivity contribution in [1.82, 2.24) is 4.90 Å². The van der Waals surface area contributed by atoms with Crippen LogP contribution in [-0.2, 0) is 16.0 Å². The van der Waals surface area contributed by atoms with Crippen molar-refractivity contribution in [3.8, 4) is 0 Å². The molecule has 0 aliphatic carbocycles. The van der Waals surface area contributed by atoms with Crippen LogP contribution in [0.4, 0.5) is 0 Å². The van der Waals surface area contributed by atoms with E-state index in [1.807, 2.05) is 20.9 Å². The summed E-state index contributed by atoms with van der Waals surface area (Å²) in [4.78, 5) is 2.13. The molecule has 0 aliphatic rings. The zero-order valence-electron chi connectivity index (χ0n) is 14.6. The third-order valence-corrected chi connectivity index (χ3v) is 3.46. The molecule has 0 saturated carbocycles. The van der Waals surface area contributed by atoms with Crippen LogP contribution in [0.5, 0.6) is 0 Å². The van der Waals surface area contributed by atoms with E-state index in [4.69, 9.17) is 9.47 Å². The molecule has 0 heterocycles. The van der Waals surface area contributed by atoms with E-state index in [0.717, 1.165) is 6.54 Å². The number of hydrogen-bond donors (Lipinski definition) is 1. The van der Waals surface area contributed by atoms with Gasteiger partial charge in [0.15, 0.2) is 0 Å². The average molecular weight is 309 g/mol. The summed E-state index contributed by atoms with van der Waals surface area (Å²) < 4.78 is 10.8. The van der Waals surface area contributed by atoms with Gasteiger partial charge in [0.25, 0.3) is 0 Å². The van der Waals surface area contributed by atoms with Gasteiger partial charge in [-0.05, 0) is 45.9 Å². The summed E-state index contributed by atoms with van der Waals surface area (Å²) in [7, 11) is 2.02. The van der Waals surface area contributed by atoms with Gasteiger partial charge in [-0.25, -0.2) is 0 Å². The molecule has 0 aliphatic heterocycles. The molecule has 0 radical (unpaired) electrons. The average Bonchev–Trinajstić information content (AvgIpc) is 2.42. The van der Waals surface area contributed by atoms with Gasteiger partial charge in [0, 0.05) is 13.1 Å². The van der Waals surface area contributed by atoms with Crippen LogP contribution in [0.1, 0.15) is 30.5 Å². The van der Waals surface area contributed by atoms with E-state index in [-0.39, 0.29) is 6.10 Å². The zero-order chi connectivity index (χ0) is 16.5. The quantitative estimate of drug-likeness (QED) is 0.675. The zero-order valence-corrected chi connectivity index (χ0v) is 14.6. The van der Waals surface area contributed by atoms with Crippen molar-refractivity contribution in [3.05, 3.63) is 34.9 Å². The number of likely N-dealkylation sites (N-methyl/N-ethyl adjacent to an activating group) is 1. The molecule has 4 heteroatoms. The van der Waals surface area contributed by atoms with E-state index in [2.05, 4.69) is 36.9 Å². The molecular formula is C18H31NO3. The highest BCUT2D eigenvalue weighted by Crippen LogP contribution is 2.12. The molecule has 1 rings (SSSR count). The summed E-state index contributed by atoms with van der Waals surface area (Å²) in [6.07, 6.45) is -0.258. The van der Waals surface area contributed by atoms with Crippen LogP contribution in [0.15, 0.2) is 18.2 Å². The van der Waals surface area contributed by atoms with E-state index < -0.39 is 6.10 Å². The molecule has 0 bridgehead atoms. The Morgan fingerprint density at radius 3 is 2.59 bits per heavy atom. The van der Waals surface area contributed by atoms with Gasteiger partial charge >= 0.3 is 0 Å². The predicted molar refractivity (Wildman–Crippen MR) is 90.2 cm³/mol. The molecule has 0 aromatic heterocycles. The van der Waals surface area contributed by atoms with Gasteiger partial charge in [0.2, 0.25) is 0 Å². The minimum atomic E-state index is -0.478. The molecule has 1 aromatic carbocycles. The lowest BCUT2D eigenvalue weighted by Gasteiger charge is -2.21. The van der Waals surface area contributed by atoms with Gasteiger partial charge in [0.1, 0.15) is 0 Å². The topological polar surface area (TPSA) is 41.9 Å². The maximum atomic E-state index is 10.0. The standard InChI is InChI=1S/C18H31NO3/c1-14(2)22-9-8-21-13-18(20)12-19(5)11-17-10-15(3)6-7-16(17)4/h6-7,10,14,18,20H,8-9,11-13H2,1-5H3. The van der Waals surface area contributed by atoms with Crippen LogP contribution >= 0.6 is 0 Å². The minimum absolute atomic E-state index is 0.220. The first-order valence-electron chi connectivity index (χ1n) is 8.00. The maximum absolute atomic E-state index is 10.0. The lowest BCUT2D eigenvalue weighted by Crippen LogP contribution is -2.32. The van der Waals surface area contributed by atoms with Crippen molar-refractivity contribution in [1.29, 1.82) is 0 Å². The second-order valence-corrected chi connectivity index (χ2v) is 6.27. The first-order valence-corrected chi connectivity index (χ1v) is 8.00. The fraction of sp³-hybridized carbons (Fsp3) is 0.667. The Morgan fingerprint density at radius 1 is 1.18 bits per heavy atom. The summed E-state index contributed by atoms with van der Waals surface area (Å²) in [5, 5.41) is 10.0. The number of benzene rings is 1. The number of aliphatic hydroxyl groups excluding tert-OH is 1. The van der Waals surface area contributed by atoms with Gasteiger partial charge < -0.3 is 14.6 Å². The maximum Gasteiger partial charge on any atom is 0.0900 e. The van der Waals surface area contributed by atoms with Gasteiger partial charge in [-0.15, -0.1) is 0 Å². The largest absolute Gasteiger partial charge is 0.389 e. The van der Waals surface area contributed by atoms with Crippen molar-refractivity contribution in [2.24, 2.45) is 0 Å². The number of nitrogens with zero attached hydrogens (tertiary/aromatic N) is 1. The Balaban J connectivity index is 2.26. The van der Waals surface area contributed by atoms with Crippen molar-refractivity contribution in [2.45, 2.75) is 46.4 Å². The molecule has 0 amide bonds. The van der Waals surface area contributed by atoms with E-state index in [0.29, 0.717) is 26.4 Å². The summed E-state index contributed by atoms with van der Waals surface area (Å²) in [6, 6.07) is 6.48. The predicted octanol–water partition coefficient (Wildman–Crippen LogP) is 2.54. The number of aliphatic hydroxyl groups is 1. The highest BCUT2D eigenvalue weighted by molar-refractivity contribution is 5.30. The molecule has 1 aromatic rings. The SMILES string of the molecule is Cc1ccc(C)c(CN(C)CC(O)COCCOC(C)C)c1. The van der Waals surface area contributed by atoms with E-state index in [1.54, 1.807) is 0 Å². The van der Waals surface area contributed by atoms with E-state index in [9.17, 15) is 5.11 Å². The van der Waals surface area contributed by atoms with E-state index in [1.165, 1.54) is 16.7 Å². The second-order valence-electron chi connectivity index (χ2n) is 6.27. The number of rotatable bonds is 10. The fourth-order valence-electron chi connectivity index (χ4n) is 2.30.